The van der Waals surface area contributed by atoms with Crippen molar-refractivity contribution in [3.63, 3.8) is 0 Å². The highest BCUT2D eigenvalue weighted by molar-refractivity contribution is 5.80. The zero-order chi connectivity index (χ0) is 19.1. The molecule has 2 amide bonds. The Bertz CT molecular complexity index is 637. The first-order chi connectivity index (χ1) is 13.1. The van der Waals surface area contributed by atoms with Crippen LogP contribution in [-0.4, -0.2) is 64.4 Å². The van der Waals surface area contributed by atoms with Crippen molar-refractivity contribution in [1.29, 1.82) is 0 Å². The number of aryl methyl sites for hydroxylation is 1. The Hall–Kier alpha value is -2.22. The van der Waals surface area contributed by atoms with E-state index in [9.17, 15) is 9.59 Å². The van der Waals surface area contributed by atoms with Gasteiger partial charge in [-0.05, 0) is 39.2 Å². The summed E-state index contributed by atoms with van der Waals surface area (Å²) in [5.41, 5.74) is 0. The van der Waals surface area contributed by atoms with Gasteiger partial charge in [0.1, 0.15) is 0 Å². The van der Waals surface area contributed by atoms with E-state index in [0.717, 1.165) is 51.7 Å². The molecule has 1 fully saturated rings. The molecule has 1 aliphatic heterocycles. The molecule has 8 heteroatoms. The van der Waals surface area contributed by atoms with Crippen molar-refractivity contribution in [2.24, 2.45) is 11.8 Å². The molecule has 0 aromatic carbocycles. The van der Waals surface area contributed by atoms with Crippen LogP contribution in [-0.2, 0) is 16.1 Å². The quantitative estimate of drug-likeness (QED) is 0.538. The number of nitrogens with zero attached hydrogens (tertiary/aromatic N) is 4. The summed E-state index contributed by atoms with van der Waals surface area (Å²) in [6.07, 6.45) is 11.8. The second-order valence-electron chi connectivity index (χ2n) is 7.65. The highest BCUT2D eigenvalue weighted by Gasteiger charge is 2.29. The normalized spacial score (nSPS) is 23.9. The Balaban J connectivity index is 1.39. The molecule has 2 N–H and O–H groups in total. The van der Waals surface area contributed by atoms with E-state index in [1.54, 1.807) is 10.9 Å². The molecule has 1 saturated heterocycles. The first kappa shape index (κ1) is 19.5. The maximum atomic E-state index is 12.5. The average molecular weight is 374 g/mol. The molecule has 1 aromatic rings. The Morgan fingerprint density at radius 2 is 1.93 bits per heavy atom. The minimum absolute atomic E-state index is 0.0311. The average Bonchev–Trinajstić information content (AvgIpc) is 3.32. The van der Waals surface area contributed by atoms with Gasteiger partial charge < -0.3 is 15.5 Å². The van der Waals surface area contributed by atoms with Gasteiger partial charge in [0.05, 0.1) is 12.1 Å². The molecule has 27 heavy (non-hydrogen) atoms. The van der Waals surface area contributed by atoms with Crippen LogP contribution in [0.5, 0.6) is 0 Å². The Labute approximate surface area is 160 Å². The Kier molecular flexibility index (Phi) is 6.98. The molecular formula is C19H30N6O2. The second kappa shape index (κ2) is 9.64. The minimum Gasteiger partial charge on any atom is -0.356 e. The minimum atomic E-state index is -0.0311. The third-order valence-electron chi connectivity index (χ3n) is 5.36. The summed E-state index contributed by atoms with van der Waals surface area (Å²) in [7, 11) is 2.02. The lowest BCUT2D eigenvalue weighted by Gasteiger charge is -2.23. The van der Waals surface area contributed by atoms with Gasteiger partial charge in [-0.1, -0.05) is 17.4 Å². The van der Waals surface area contributed by atoms with Crippen molar-refractivity contribution in [3.05, 3.63) is 24.5 Å². The van der Waals surface area contributed by atoms with Crippen LogP contribution in [0.15, 0.2) is 24.5 Å². The van der Waals surface area contributed by atoms with Crippen LogP contribution in [0.25, 0.3) is 0 Å². The van der Waals surface area contributed by atoms with Crippen molar-refractivity contribution in [2.75, 3.05) is 26.7 Å². The van der Waals surface area contributed by atoms with Crippen LogP contribution in [0, 0.1) is 11.8 Å². The molecular weight excluding hydrogens is 344 g/mol. The first-order valence-electron chi connectivity index (χ1n) is 9.87. The van der Waals surface area contributed by atoms with Crippen LogP contribution < -0.4 is 10.6 Å². The van der Waals surface area contributed by atoms with E-state index in [1.165, 1.54) is 0 Å². The molecule has 1 aromatic heterocycles. The summed E-state index contributed by atoms with van der Waals surface area (Å²) in [6, 6.07) is 0.119. The van der Waals surface area contributed by atoms with Crippen molar-refractivity contribution >= 4 is 11.8 Å². The number of allylic oxidation sites excluding steroid dienone is 2. The zero-order valence-corrected chi connectivity index (χ0v) is 16.0. The number of amides is 2. The lowest BCUT2D eigenvalue weighted by molar-refractivity contribution is -0.126. The molecule has 2 heterocycles. The molecule has 3 rings (SSSR count). The monoisotopic (exact) mass is 374 g/mol. The van der Waals surface area contributed by atoms with Crippen molar-refractivity contribution in [3.8, 4) is 0 Å². The lowest BCUT2D eigenvalue weighted by atomic mass is 10.00. The van der Waals surface area contributed by atoms with Gasteiger partial charge in [-0.15, -0.1) is 5.10 Å². The molecule has 2 aliphatic rings. The maximum Gasteiger partial charge on any atom is 0.224 e. The van der Waals surface area contributed by atoms with Crippen LogP contribution in [0.2, 0.25) is 0 Å². The van der Waals surface area contributed by atoms with Gasteiger partial charge in [0.2, 0.25) is 11.8 Å². The largest absolute Gasteiger partial charge is 0.356 e. The molecule has 1 aliphatic carbocycles. The molecule has 148 valence electrons. The first-order valence-corrected chi connectivity index (χ1v) is 9.87. The van der Waals surface area contributed by atoms with Gasteiger partial charge in [-0.25, -0.2) is 0 Å². The summed E-state index contributed by atoms with van der Waals surface area (Å²) >= 11 is 0. The van der Waals surface area contributed by atoms with Crippen LogP contribution in [0.4, 0.5) is 0 Å². The van der Waals surface area contributed by atoms with E-state index < -0.39 is 0 Å². The standard InChI is InChI=1S/C19H30N6O2/c1-24-13-16(18(26)20-9-4-11-25-12-10-21-23-25)7-8-17(14-24)22-19(27)15-5-2-3-6-15/h2-3,10,12,15-17H,4-9,11,13-14H2,1H3,(H,20,26)(H,22,27)/t16-,17+/m1/s1. The lowest BCUT2D eigenvalue weighted by Crippen LogP contribution is -2.43. The van der Waals surface area contributed by atoms with Gasteiger partial charge in [0, 0.05) is 44.3 Å². The summed E-state index contributed by atoms with van der Waals surface area (Å²) < 4.78 is 1.76. The number of likely N-dealkylation sites (tertiary alicyclic amines) is 1. The number of hydrogen-bond acceptors (Lipinski definition) is 5. The van der Waals surface area contributed by atoms with Crippen LogP contribution in [0.1, 0.15) is 32.1 Å². The smallest absolute Gasteiger partial charge is 0.224 e. The predicted molar refractivity (Wildman–Crippen MR) is 102 cm³/mol. The van der Waals surface area contributed by atoms with E-state index in [4.69, 9.17) is 0 Å². The van der Waals surface area contributed by atoms with Gasteiger partial charge in [0.15, 0.2) is 0 Å². The van der Waals surface area contributed by atoms with Crippen molar-refractivity contribution < 1.29 is 9.59 Å². The fourth-order valence-electron chi connectivity index (χ4n) is 3.84. The fraction of sp³-hybridized carbons (Fsp3) is 0.684. The molecule has 0 bridgehead atoms. The zero-order valence-electron chi connectivity index (χ0n) is 16.0. The number of nitrogens with one attached hydrogen (secondary N) is 2. The SMILES string of the molecule is CN1C[C@@H](NC(=O)C2CC=CC2)CC[C@@H](C(=O)NCCCn2ccnn2)C1. The van der Waals surface area contributed by atoms with Crippen LogP contribution in [0.3, 0.4) is 0 Å². The van der Waals surface area contributed by atoms with Crippen molar-refractivity contribution in [2.45, 2.75) is 44.7 Å². The number of hydrogen-bond donors (Lipinski definition) is 2. The molecule has 0 saturated carbocycles. The number of carbonyl (C=O) groups is 2. The molecule has 2 atom stereocenters. The number of likely N-dealkylation sites (N-methyl/N-ethyl adjacent to an activating group) is 1. The fourth-order valence-corrected chi connectivity index (χ4v) is 3.84. The highest BCUT2D eigenvalue weighted by Crippen LogP contribution is 2.20. The second-order valence-corrected chi connectivity index (χ2v) is 7.65. The predicted octanol–water partition coefficient (Wildman–Crippen LogP) is 0.577. The van der Waals surface area contributed by atoms with E-state index in [0.29, 0.717) is 6.54 Å². The maximum absolute atomic E-state index is 12.5. The third-order valence-corrected chi connectivity index (χ3v) is 5.36. The number of aromatic nitrogens is 3. The van der Waals surface area contributed by atoms with Crippen molar-refractivity contribution in [1.82, 2.24) is 30.5 Å². The molecule has 8 nitrogen and oxygen atoms in total. The van der Waals surface area contributed by atoms with E-state index in [-0.39, 0.29) is 29.7 Å². The van der Waals surface area contributed by atoms with Gasteiger partial charge in [-0.3, -0.25) is 14.3 Å². The van der Waals surface area contributed by atoms with E-state index >= 15 is 0 Å². The highest BCUT2D eigenvalue weighted by atomic mass is 16.2. The van der Waals surface area contributed by atoms with E-state index in [1.807, 2.05) is 13.2 Å². The molecule has 0 spiro atoms. The summed E-state index contributed by atoms with van der Waals surface area (Å²) in [5.74, 6) is 0.306. The van der Waals surface area contributed by atoms with Gasteiger partial charge in [-0.2, -0.15) is 0 Å². The third kappa shape index (κ3) is 5.89. The topological polar surface area (TPSA) is 92.2 Å². The van der Waals surface area contributed by atoms with Gasteiger partial charge in [0.25, 0.3) is 0 Å². The number of carbonyl (C=O) groups excluding carboxylic acids is 2. The number of rotatable bonds is 7. The summed E-state index contributed by atoms with van der Waals surface area (Å²) in [6.45, 7) is 2.90. The van der Waals surface area contributed by atoms with Crippen LogP contribution >= 0.6 is 0 Å². The Morgan fingerprint density at radius 1 is 1.11 bits per heavy atom. The Morgan fingerprint density at radius 3 is 2.67 bits per heavy atom. The summed E-state index contributed by atoms with van der Waals surface area (Å²) in [5, 5.41) is 13.9. The van der Waals surface area contributed by atoms with E-state index in [2.05, 4.69) is 38.0 Å². The molecule has 0 radical (unpaired) electrons. The summed E-state index contributed by atoms with van der Waals surface area (Å²) in [4.78, 5) is 27.0. The molecule has 0 unspecified atom stereocenters. The van der Waals surface area contributed by atoms with Gasteiger partial charge >= 0.3 is 0 Å².